The molecule has 0 radical (unpaired) electrons. The van der Waals surface area contributed by atoms with E-state index < -0.39 is 11.7 Å². The summed E-state index contributed by atoms with van der Waals surface area (Å²) < 4.78 is 14.1. The molecule has 0 bridgehead atoms. The predicted octanol–water partition coefficient (Wildman–Crippen LogP) is 2.11. The molecule has 0 fully saturated rings. The minimum absolute atomic E-state index is 0.0382. The molecule has 0 aliphatic rings. The Bertz CT molecular complexity index is 664. The van der Waals surface area contributed by atoms with Crippen LogP contribution in [0.15, 0.2) is 30.6 Å². The van der Waals surface area contributed by atoms with Gasteiger partial charge in [-0.2, -0.15) is 5.26 Å². The minimum atomic E-state index is -0.789. The summed E-state index contributed by atoms with van der Waals surface area (Å²) in [6.07, 6.45) is 3.01. The maximum absolute atomic E-state index is 14.1. The van der Waals surface area contributed by atoms with Crippen LogP contribution >= 0.6 is 0 Å². The zero-order valence-corrected chi connectivity index (χ0v) is 10.0. The number of hydrogen-bond donors (Lipinski definition) is 1. The molecule has 2 aromatic rings. The Morgan fingerprint density at radius 2 is 2.05 bits per heavy atom. The second-order valence-electron chi connectivity index (χ2n) is 3.72. The molecule has 0 saturated heterocycles. The van der Waals surface area contributed by atoms with Crippen LogP contribution in [0.5, 0.6) is 0 Å². The van der Waals surface area contributed by atoms with E-state index in [-0.39, 0.29) is 22.6 Å². The number of benzene rings is 1. The van der Waals surface area contributed by atoms with Crippen LogP contribution in [-0.2, 0) is 4.79 Å². The molecule has 0 saturated carbocycles. The summed E-state index contributed by atoms with van der Waals surface area (Å²) in [6.45, 7) is 1.26. The Morgan fingerprint density at radius 1 is 1.37 bits per heavy atom. The first-order valence-electron chi connectivity index (χ1n) is 5.41. The standard InChI is InChI=1S/C13H9FN4O/c1-8(19)18-11-4-3-9(10(7-15)12(11)14)13-16-5-2-6-17-13/h2-6H,1H3,(H,18,19). The quantitative estimate of drug-likeness (QED) is 0.892. The van der Waals surface area contributed by atoms with Crippen molar-refractivity contribution in [3.63, 3.8) is 0 Å². The normalized spacial score (nSPS) is 9.74. The van der Waals surface area contributed by atoms with Crippen molar-refractivity contribution in [1.29, 1.82) is 5.26 Å². The highest BCUT2D eigenvalue weighted by Crippen LogP contribution is 2.27. The van der Waals surface area contributed by atoms with Crippen molar-refractivity contribution in [2.24, 2.45) is 0 Å². The smallest absolute Gasteiger partial charge is 0.221 e. The molecular formula is C13H9FN4O. The Balaban J connectivity index is 2.57. The van der Waals surface area contributed by atoms with Gasteiger partial charge in [-0.1, -0.05) is 0 Å². The lowest BCUT2D eigenvalue weighted by Crippen LogP contribution is -2.09. The van der Waals surface area contributed by atoms with Gasteiger partial charge < -0.3 is 5.32 Å². The van der Waals surface area contributed by atoms with Gasteiger partial charge in [0.05, 0.1) is 5.69 Å². The highest BCUT2D eigenvalue weighted by Gasteiger charge is 2.16. The van der Waals surface area contributed by atoms with Gasteiger partial charge in [0.15, 0.2) is 11.6 Å². The zero-order chi connectivity index (χ0) is 13.8. The number of nitriles is 1. The fraction of sp³-hybridized carbons (Fsp3) is 0.0769. The first-order valence-corrected chi connectivity index (χ1v) is 5.41. The van der Waals surface area contributed by atoms with Crippen LogP contribution in [-0.4, -0.2) is 15.9 Å². The fourth-order valence-corrected chi connectivity index (χ4v) is 1.60. The summed E-state index contributed by atoms with van der Waals surface area (Å²) in [5.74, 6) is -0.943. The van der Waals surface area contributed by atoms with Crippen LogP contribution in [0, 0.1) is 17.1 Å². The Morgan fingerprint density at radius 3 is 2.63 bits per heavy atom. The molecule has 0 atom stereocenters. The summed E-state index contributed by atoms with van der Waals surface area (Å²) in [5.41, 5.74) is 0.0517. The molecule has 94 valence electrons. The average molecular weight is 256 g/mol. The third kappa shape index (κ3) is 2.55. The van der Waals surface area contributed by atoms with Gasteiger partial charge in [-0.3, -0.25) is 4.79 Å². The van der Waals surface area contributed by atoms with Crippen molar-refractivity contribution in [2.45, 2.75) is 6.92 Å². The number of hydrogen-bond acceptors (Lipinski definition) is 4. The van der Waals surface area contributed by atoms with E-state index in [9.17, 15) is 9.18 Å². The Kier molecular flexibility index (Phi) is 3.48. The van der Waals surface area contributed by atoms with Gasteiger partial charge in [0.2, 0.25) is 5.91 Å². The number of carbonyl (C=O) groups excluding carboxylic acids is 1. The van der Waals surface area contributed by atoms with E-state index in [0.717, 1.165) is 0 Å². The van der Waals surface area contributed by atoms with Gasteiger partial charge in [0.1, 0.15) is 11.6 Å². The molecule has 0 spiro atoms. The van der Waals surface area contributed by atoms with Gasteiger partial charge in [-0.05, 0) is 18.2 Å². The van der Waals surface area contributed by atoms with E-state index in [1.54, 1.807) is 12.1 Å². The monoisotopic (exact) mass is 256 g/mol. The highest BCUT2D eigenvalue weighted by molar-refractivity contribution is 5.89. The summed E-state index contributed by atoms with van der Waals surface area (Å²) in [4.78, 5) is 18.9. The van der Waals surface area contributed by atoms with Crippen molar-refractivity contribution in [3.8, 4) is 17.5 Å². The summed E-state index contributed by atoms with van der Waals surface area (Å²) >= 11 is 0. The lowest BCUT2D eigenvalue weighted by atomic mass is 10.1. The minimum Gasteiger partial charge on any atom is -0.324 e. The van der Waals surface area contributed by atoms with Crippen molar-refractivity contribution < 1.29 is 9.18 Å². The Hall–Kier alpha value is -2.81. The van der Waals surface area contributed by atoms with Crippen LogP contribution in [0.25, 0.3) is 11.4 Å². The average Bonchev–Trinajstić information content (AvgIpc) is 2.41. The van der Waals surface area contributed by atoms with Gasteiger partial charge in [0.25, 0.3) is 0 Å². The number of halogens is 1. The molecule has 0 aliphatic heterocycles. The van der Waals surface area contributed by atoms with Gasteiger partial charge in [0, 0.05) is 24.9 Å². The number of nitrogens with zero attached hydrogens (tertiary/aromatic N) is 3. The van der Waals surface area contributed by atoms with E-state index in [1.807, 2.05) is 0 Å². The molecule has 1 amide bonds. The lowest BCUT2D eigenvalue weighted by molar-refractivity contribution is -0.114. The van der Waals surface area contributed by atoms with E-state index in [2.05, 4.69) is 15.3 Å². The predicted molar refractivity (Wildman–Crippen MR) is 66.4 cm³/mol. The molecule has 0 unspecified atom stereocenters. The zero-order valence-electron chi connectivity index (χ0n) is 10.0. The second kappa shape index (κ2) is 5.23. The van der Waals surface area contributed by atoms with Crippen molar-refractivity contribution >= 4 is 11.6 Å². The van der Waals surface area contributed by atoms with E-state index in [1.165, 1.54) is 31.5 Å². The number of anilines is 1. The number of nitrogens with one attached hydrogen (secondary N) is 1. The topological polar surface area (TPSA) is 78.7 Å². The third-order valence-electron chi connectivity index (χ3n) is 2.37. The van der Waals surface area contributed by atoms with E-state index >= 15 is 0 Å². The SMILES string of the molecule is CC(=O)Nc1ccc(-c2ncccn2)c(C#N)c1F. The van der Waals surface area contributed by atoms with Gasteiger partial charge >= 0.3 is 0 Å². The molecule has 6 heteroatoms. The van der Waals surface area contributed by atoms with Crippen LogP contribution in [0.2, 0.25) is 0 Å². The molecule has 0 aliphatic carbocycles. The second-order valence-corrected chi connectivity index (χ2v) is 3.72. The molecule has 1 aromatic heterocycles. The van der Waals surface area contributed by atoms with Crippen LogP contribution in [0.3, 0.4) is 0 Å². The summed E-state index contributed by atoms with van der Waals surface area (Å²) in [7, 11) is 0. The van der Waals surface area contributed by atoms with Crippen molar-refractivity contribution in [2.75, 3.05) is 5.32 Å². The lowest BCUT2D eigenvalue weighted by Gasteiger charge is -2.08. The molecule has 1 N–H and O–H groups in total. The van der Waals surface area contributed by atoms with E-state index in [4.69, 9.17) is 5.26 Å². The third-order valence-corrected chi connectivity index (χ3v) is 2.37. The first-order chi connectivity index (χ1) is 9.13. The van der Waals surface area contributed by atoms with Crippen molar-refractivity contribution in [3.05, 3.63) is 42.0 Å². The molecular weight excluding hydrogens is 247 g/mol. The van der Waals surface area contributed by atoms with Gasteiger partial charge in [-0.15, -0.1) is 0 Å². The molecule has 1 aromatic carbocycles. The molecule has 19 heavy (non-hydrogen) atoms. The van der Waals surface area contributed by atoms with Crippen molar-refractivity contribution in [1.82, 2.24) is 9.97 Å². The number of aromatic nitrogens is 2. The summed E-state index contributed by atoms with van der Waals surface area (Å²) in [5, 5.41) is 11.4. The maximum Gasteiger partial charge on any atom is 0.221 e. The maximum atomic E-state index is 14.1. The van der Waals surface area contributed by atoms with E-state index in [0.29, 0.717) is 0 Å². The van der Waals surface area contributed by atoms with Crippen LogP contribution in [0.4, 0.5) is 10.1 Å². The van der Waals surface area contributed by atoms with Gasteiger partial charge in [-0.25, -0.2) is 14.4 Å². The van der Waals surface area contributed by atoms with Crippen LogP contribution < -0.4 is 5.32 Å². The summed E-state index contributed by atoms with van der Waals surface area (Å²) in [6, 6.07) is 6.27. The number of rotatable bonds is 2. The number of amides is 1. The first kappa shape index (κ1) is 12.6. The Labute approximate surface area is 108 Å². The molecule has 1 heterocycles. The largest absolute Gasteiger partial charge is 0.324 e. The molecule has 2 rings (SSSR count). The highest BCUT2D eigenvalue weighted by atomic mass is 19.1. The molecule has 5 nitrogen and oxygen atoms in total. The fourth-order valence-electron chi connectivity index (χ4n) is 1.60. The number of carbonyl (C=O) groups is 1. The van der Waals surface area contributed by atoms with Crippen LogP contribution in [0.1, 0.15) is 12.5 Å².